The molecule has 0 radical (unpaired) electrons. The monoisotopic (exact) mass is 224 g/mol. The van der Waals surface area contributed by atoms with Gasteiger partial charge in [0, 0.05) is 25.2 Å². The first-order chi connectivity index (χ1) is 7.79. The molecule has 3 heteroatoms. The first-order valence-corrected chi connectivity index (χ1v) is 5.63. The summed E-state index contributed by atoms with van der Waals surface area (Å²) in [5.41, 5.74) is 1.04. The lowest BCUT2D eigenvalue weighted by molar-refractivity contribution is 0.130. The van der Waals surface area contributed by atoms with Gasteiger partial charge in [-0.1, -0.05) is 6.07 Å². The van der Waals surface area contributed by atoms with Gasteiger partial charge in [0.25, 0.3) is 0 Å². The second-order valence-corrected chi connectivity index (χ2v) is 3.48. The maximum absolute atomic E-state index is 5.67. The minimum absolute atomic E-state index is 0.675. The third kappa shape index (κ3) is 3.74. The van der Waals surface area contributed by atoms with Crippen molar-refractivity contribution >= 4 is 0 Å². The summed E-state index contributed by atoms with van der Waals surface area (Å²) >= 11 is 0. The molecule has 0 unspecified atom stereocenters. The van der Waals surface area contributed by atoms with Gasteiger partial charge in [-0.05, 0) is 26.0 Å². The molecule has 1 rings (SSSR count). The van der Waals surface area contributed by atoms with Crippen LogP contribution in [0.15, 0.2) is 18.2 Å². The van der Waals surface area contributed by atoms with Crippen molar-refractivity contribution in [1.82, 2.24) is 0 Å². The molecule has 0 heterocycles. The van der Waals surface area contributed by atoms with E-state index in [4.69, 9.17) is 14.2 Å². The van der Waals surface area contributed by atoms with Crippen LogP contribution >= 0.6 is 0 Å². The quantitative estimate of drug-likeness (QED) is 0.666. The first-order valence-electron chi connectivity index (χ1n) is 5.63. The van der Waals surface area contributed by atoms with E-state index in [0.717, 1.165) is 36.7 Å². The Morgan fingerprint density at radius 3 is 2.56 bits per heavy atom. The molecular formula is C13H20O3. The lowest BCUT2D eigenvalue weighted by atomic mass is 10.2. The van der Waals surface area contributed by atoms with Crippen molar-refractivity contribution in [3.05, 3.63) is 23.8 Å². The Hall–Kier alpha value is -1.22. The molecule has 0 amide bonds. The van der Waals surface area contributed by atoms with Crippen LogP contribution in [0.4, 0.5) is 0 Å². The molecule has 0 fully saturated rings. The number of rotatable bonds is 7. The zero-order valence-electron chi connectivity index (χ0n) is 10.3. The molecule has 0 saturated carbocycles. The summed E-state index contributed by atoms with van der Waals surface area (Å²) < 4.78 is 16.1. The topological polar surface area (TPSA) is 27.7 Å². The van der Waals surface area contributed by atoms with E-state index in [0.29, 0.717) is 6.61 Å². The van der Waals surface area contributed by atoms with Crippen molar-refractivity contribution < 1.29 is 14.2 Å². The van der Waals surface area contributed by atoms with Crippen LogP contribution in [-0.2, 0) is 4.74 Å². The molecule has 0 aliphatic carbocycles. The van der Waals surface area contributed by atoms with E-state index < -0.39 is 0 Å². The second-order valence-electron chi connectivity index (χ2n) is 3.48. The summed E-state index contributed by atoms with van der Waals surface area (Å²) in [7, 11) is 1.67. The van der Waals surface area contributed by atoms with Crippen LogP contribution in [0.5, 0.6) is 11.5 Å². The molecule has 1 aromatic carbocycles. The Morgan fingerprint density at radius 1 is 1.12 bits per heavy atom. The molecule has 1 aromatic rings. The van der Waals surface area contributed by atoms with Crippen LogP contribution in [0.3, 0.4) is 0 Å². The molecule has 0 spiro atoms. The van der Waals surface area contributed by atoms with Crippen molar-refractivity contribution in [3.8, 4) is 11.5 Å². The second kappa shape index (κ2) is 7.12. The molecular weight excluding hydrogens is 204 g/mol. The molecule has 90 valence electrons. The molecule has 0 N–H and O–H groups in total. The molecule has 3 nitrogen and oxygen atoms in total. The van der Waals surface area contributed by atoms with Crippen LogP contribution in [-0.4, -0.2) is 26.9 Å². The zero-order valence-corrected chi connectivity index (χ0v) is 10.3. The summed E-state index contributed by atoms with van der Waals surface area (Å²) in [6, 6.07) is 5.82. The highest BCUT2D eigenvalue weighted by molar-refractivity contribution is 5.43. The van der Waals surface area contributed by atoms with Crippen molar-refractivity contribution in [3.63, 3.8) is 0 Å². The Bertz CT molecular complexity index is 310. The molecule has 0 aromatic heterocycles. The van der Waals surface area contributed by atoms with Crippen LogP contribution < -0.4 is 9.47 Å². The predicted octanol–water partition coefficient (Wildman–Crippen LogP) is 2.81. The number of benzene rings is 1. The summed E-state index contributed by atoms with van der Waals surface area (Å²) in [6.45, 7) is 6.18. The Morgan fingerprint density at radius 2 is 1.88 bits per heavy atom. The van der Waals surface area contributed by atoms with Crippen LogP contribution in [0.1, 0.15) is 18.9 Å². The molecule has 0 bridgehead atoms. The third-order valence-electron chi connectivity index (χ3n) is 2.35. The Balaban J connectivity index is 2.41. The largest absolute Gasteiger partial charge is 0.496 e. The van der Waals surface area contributed by atoms with E-state index in [1.54, 1.807) is 7.11 Å². The molecule has 0 saturated heterocycles. The summed E-state index contributed by atoms with van der Waals surface area (Å²) in [6.07, 6.45) is 0.907. The van der Waals surface area contributed by atoms with Crippen molar-refractivity contribution in [1.29, 1.82) is 0 Å². The lowest BCUT2D eigenvalue weighted by Crippen LogP contribution is -2.04. The molecule has 16 heavy (non-hydrogen) atoms. The van der Waals surface area contributed by atoms with Gasteiger partial charge in [-0.25, -0.2) is 0 Å². The molecule has 0 aliphatic heterocycles. The highest BCUT2D eigenvalue weighted by Crippen LogP contribution is 2.26. The highest BCUT2D eigenvalue weighted by atomic mass is 16.5. The fraction of sp³-hybridized carbons (Fsp3) is 0.538. The van der Waals surface area contributed by atoms with Crippen molar-refractivity contribution in [2.75, 3.05) is 26.9 Å². The Labute approximate surface area is 97.3 Å². The maximum atomic E-state index is 5.67. The SMILES string of the molecule is CCOCCCOc1cccc(OC)c1C. The first kappa shape index (κ1) is 12.8. The fourth-order valence-corrected chi connectivity index (χ4v) is 1.46. The average Bonchev–Trinajstić information content (AvgIpc) is 2.31. The van der Waals surface area contributed by atoms with Gasteiger partial charge >= 0.3 is 0 Å². The maximum Gasteiger partial charge on any atom is 0.125 e. The van der Waals surface area contributed by atoms with Gasteiger partial charge in [0.1, 0.15) is 11.5 Å². The molecule has 0 aliphatic rings. The van der Waals surface area contributed by atoms with Gasteiger partial charge < -0.3 is 14.2 Å². The van der Waals surface area contributed by atoms with Crippen molar-refractivity contribution in [2.45, 2.75) is 20.3 Å². The Kier molecular flexibility index (Phi) is 5.72. The van der Waals surface area contributed by atoms with Gasteiger partial charge in [0.15, 0.2) is 0 Å². The number of hydrogen-bond acceptors (Lipinski definition) is 3. The van der Waals surface area contributed by atoms with E-state index in [2.05, 4.69) is 0 Å². The minimum Gasteiger partial charge on any atom is -0.496 e. The van der Waals surface area contributed by atoms with E-state index in [1.807, 2.05) is 32.0 Å². The minimum atomic E-state index is 0.675. The number of ether oxygens (including phenoxy) is 3. The standard InChI is InChI=1S/C13H20O3/c1-4-15-9-6-10-16-13-8-5-7-12(14-3)11(13)2/h5,7-8H,4,6,9-10H2,1-3H3. The zero-order chi connectivity index (χ0) is 11.8. The normalized spacial score (nSPS) is 10.2. The molecule has 0 atom stereocenters. The van der Waals surface area contributed by atoms with Crippen LogP contribution in [0, 0.1) is 6.92 Å². The lowest BCUT2D eigenvalue weighted by Gasteiger charge is -2.11. The number of methoxy groups -OCH3 is 1. The average molecular weight is 224 g/mol. The van der Waals surface area contributed by atoms with Crippen molar-refractivity contribution in [2.24, 2.45) is 0 Å². The summed E-state index contributed by atoms with van der Waals surface area (Å²) in [4.78, 5) is 0. The summed E-state index contributed by atoms with van der Waals surface area (Å²) in [5, 5.41) is 0. The van der Waals surface area contributed by atoms with Gasteiger partial charge in [0.2, 0.25) is 0 Å². The predicted molar refractivity (Wildman–Crippen MR) is 64.3 cm³/mol. The number of hydrogen-bond donors (Lipinski definition) is 0. The van der Waals surface area contributed by atoms with E-state index >= 15 is 0 Å². The van der Waals surface area contributed by atoms with Crippen LogP contribution in [0.25, 0.3) is 0 Å². The van der Waals surface area contributed by atoms with E-state index in [1.165, 1.54) is 0 Å². The highest BCUT2D eigenvalue weighted by Gasteiger charge is 2.04. The summed E-state index contributed by atoms with van der Waals surface area (Å²) in [5.74, 6) is 1.75. The van der Waals surface area contributed by atoms with Crippen LogP contribution in [0.2, 0.25) is 0 Å². The van der Waals surface area contributed by atoms with E-state index in [9.17, 15) is 0 Å². The van der Waals surface area contributed by atoms with Gasteiger partial charge in [-0.15, -0.1) is 0 Å². The third-order valence-corrected chi connectivity index (χ3v) is 2.35. The van der Waals surface area contributed by atoms with Gasteiger partial charge in [-0.2, -0.15) is 0 Å². The fourth-order valence-electron chi connectivity index (χ4n) is 1.46. The van der Waals surface area contributed by atoms with Gasteiger partial charge in [-0.3, -0.25) is 0 Å². The smallest absolute Gasteiger partial charge is 0.125 e. The van der Waals surface area contributed by atoms with Gasteiger partial charge in [0.05, 0.1) is 13.7 Å². The van der Waals surface area contributed by atoms with E-state index in [-0.39, 0.29) is 0 Å².